The molecule has 4 aromatic rings. The predicted molar refractivity (Wildman–Crippen MR) is 147 cm³/mol. The Morgan fingerprint density at radius 3 is 2.62 bits per heavy atom. The fraction of sp³-hybridized carbons (Fsp3) is 0.226. The van der Waals surface area contributed by atoms with Crippen molar-refractivity contribution in [3.8, 4) is 6.07 Å². The summed E-state index contributed by atoms with van der Waals surface area (Å²) in [4.78, 5) is 46.9. The summed E-state index contributed by atoms with van der Waals surface area (Å²) in [5.41, 5.74) is 1.85. The van der Waals surface area contributed by atoms with Gasteiger partial charge in [0.25, 0.3) is 5.91 Å². The normalized spacial score (nSPS) is 20.3. The number of hydrogen-bond donors (Lipinski definition) is 2. The lowest BCUT2D eigenvalue weighted by Gasteiger charge is -2.32. The van der Waals surface area contributed by atoms with Crippen LogP contribution in [0, 0.1) is 17.1 Å². The Kier molecular flexibility index (Phi) is 6.11. The Hall–Kier alpha value is -4.97. The summed E-state index contributed by atoms with van der Waals surface area (Å²) in [6, 6.07) is 23.0. The number of nitrogens with zero attached hydrogens (tertiary/aromatic N) is 3. The van der Waals surface area contributed by atoms with Crippen molar-refractivity contribution in [3.05, 3.63) is 102 Å². The second-order valence-electron chi connectivity index (χ2n) is 10.4. The van der Waals surface area contributed by atoms with Crippen LogP contribution < -0.4 is 5.32 Å². The number of likely N-dealkylation sites (tertiary alicyclic amines) is 1. The number of aromatic nitrogens is 1. The summed E-state index contributed by atoms with van der Waals surface area (Å²) in [5, 5.41) is 13.2. The van der Waals surface area contributed by atoms with Crippen molar-refractivity contribution in [3.63, 3.8) is 0 Å². The second-order valence-corrected chi connectivity index (χ2v) is 10.4. The molecule has 0 aliphatic carbocycles. The van der Waals surface area contributed by atoms with Crippen LogP contribution in [0.4, 0.5) is 10.1 Å². The number of para-hydroxylation sites is 1. The van der Waals surface area contributed by atoms with Crippen molar-refractivity contribution in [2.24, 2.45) is 0 Å². The maximum Gasteiger partial charge on any atom is 0.270 e. The lowest BCUT2D eigenvalue weighted by atomic mass is 9.80. The molecule has 2 N–H and O–H groups in total. The predicted octanol–water partition coefficient (Wildman–Crippen LogP) is 4.00. The first-order chi connectivity index (χ1) is 19.3. The molecule has 9 heteroatoms. The molecule has 40 heavy (non-hydrogen) atoms. The van der Waals surface area contributed by atoms with E-state index in [0.29, 0.717) is 11.2 Å². The van der Waals surface area contributed by atoms with E-state index in [4.69, 9.17) is 0 Å². The minimum Gasteiger partial charge on any atom is -0.350 e. The Bertz CT molecular complexity index is 1690. The molecule has 2 aliphatic rings. The molecule has 1 fully saturated rings. The highest BCUT2D eigenvalue weighted by Crippen LogP contribution is 2.46. The smallest absolute Gasteiger partial charge is 0.270 e. The Morgan fingerprint density at radius 1 is 1.12 bits per heavy atom. The molecule has 1 aromatic heterocycles. The fourth-order valence-electron chi connectivity index (χ4n) is 5.97. The third kappa shape index (κ3) is 4.00. The third-order valence-corrected chi connectivity index (χ3v) is 8.10. The van der Waals surface area contributed by atoms with Crippen LogP contribution in [0.2, 0.25) is 0 Å². The van der Waals surface area contributed by atoms with Crippen LogP contribution >= 0.6 is 0 Å². The van der Waals surface area contributed by atoms with Gasteiger partial charge in [0.15, 0.2) is 0 Å². The standard InChI is InChI=1S/C31H26FN5O3/c1-36(28(38)26-15-21-23(32)11-7-13-24(21)34-26)27(14-19-8-3-2-4-9-19)29(39)37-18-31(16-20(37)17-33)22-10-5-6-12-25(22)35-30(31)40/h2-13,15,20,27,34H,14,16,18H2,1H3,(H,35,40)/t20-,27?,31-/m0/s1. The highest BCUT2D eigenvalue weighted by molar-refractivity contribution is 6.07. The number of amides is 3. The van der Waals surface area contributed by atoms with Crippen molar-refractivity contribution in [1.82, 2.24) is 14.8 Å². The summed E-state index contributed by atoms with van der Waals surface area (Å²) < 4.78 is 14.3. The Labute approximate surface area is 230 Å². The molecule has 3 amide bonds. The molecular formula is C31H26FN5O3. The number of likely N-dealkylation sites (N-methyl/N-ethyl adjacent to an activating group) is 1. The molecule has 6 rings (SSSR count). The zero-order valence-corrected chi connectivity index (χ0v) is 21.7. The van der Waals surface area contributed by atoms with Gasteiger partial charge in [0, 0.05) is 43.0 Å². The van der Waals surface area contributed by atoms with Crippen molar-refractivity contribution in [2.45, 2.75) is 30.3 Å². The summed E-state index contributed by atoms with van der Waals surface area (Å²) in [6.07, 6.45) is 0.357. The van der Waals surface area contributed by atoms with E-state index in [-0.39, 0.29) is 36.4 Å². The monoisotopic (exact) mass is 535 g/mol. The van der Waals surface area contributed by atoms with Gasteiger partial charge in [0.1, 0.15) is 23.6 Å². The van der Waals surface area contributed by atoms with Gasteiger partial charge in [-0.15, -0.1) is 0 Å². The first-order valence-electron chi connectivity index (χ1n) is 13.0. The van der Waals surface area contributed by atoms with Gasteiger partial charge in [-0.3, -0.25) is 14.4 Å². The molecule has 0 radical (unpaired) electrons. The van der Waals surface area contributed by atoms with E-state index in [2.05, 4.69) is 16.4 Å². The average Bonchev–Trinajstić information content (AvgIpc) is 3.66. The fourth-order valence-corrected chi connectivity index (χ4v) is 5.97. The second kappa shape index (κ2) is 9.65. The van der Waals surface area contributed by atoms with Gasteiger partial charge >= 0.3 is 0 Å². The molecular weight excluding hydrogens is 509 g/mol. The van der Waals surface area contributed by atoms with Crippen molar-refractivity contribution in [1.29, 1.82) is 5.26 Å². The first kappa shape index (κ1) is 25.3. The number of benzene rings is 3. The highest BCUT2D eigenvalue weighted by atomic mass is 19.1. The molecule has 3 heterocycles. The van der Waals surface area contributed by atoms with E-state index < -0.39 is 35.1 Å². The van der Waals surface area contributed by atoms with E-state index in [9.17, 15) is 24.0 Å². The summed E-state index contributed by atoms with van der Waals surface area (Å²) in [6.45, 7) is 0.0256. The average molecular weight is 536 g/mol. The number of halogens is 1. The number of carbonyl (C=O) groups is 3. The molecule has 0 saturated carbocycles. The molecule has 0 bridgehead atoms. The highest BCUT2D eigenvalue weighted by Gasteiger charge is 2.56. The van der Waals surface area contributed by atoms with Crippen molar-refractivity contribution >= 4 is 34.3 Å². The molecule has 1 unspecified atom stereocenters. The maximum atomic E-state index is 14.3. The van der Waals surface area contributed by atoms with Crippen LogP contribution in [-0.4, -0.2) is 58.2 Å². The summed E-state index contributed by atoms with van der Waals surface area (Å²) in [5.74, 6) is -1.62. The number of nitriles is 1. The number of rotatable bonds is 5. The number of H-pyrrole nitrogens is 1. The lowest BCUT2D eigenvalue weighted by Crippen LogP contribution is -2.52. The quantitative estimate of drug-likeness (QED) is 0.403. The van der Waals surface area contributed by atoms with Gasteiger partial charge in [-0.2, -0.15) is 5.26 Å². The van der Waals surface area contributed by atoms with E-state index in [0.717, 1.165) is 11.1 Å². The van der Waals surface area contributed by atoms with E-state index in [1.807, 2.05) is 54.6 Å². The van der Waals surface area contributed by atoms with E-state index in [1.165, 1.54) is 29.0 Å². The van der Waals surface area contributed by atoms with Crippen LogP contribution in [0.1, 0.15) is 28.0 Å². The number of fused-ring (bicyclic) bond motifs is 3. The number of nitrogens with one attached hydrogen (secondary N) is 2. The first-order valence-corrected chi connectivity index (χ1v) is 13.0. The van der Waals surface area contributed by atoms with Crippen molar-refractivity contribution < 1.29 is 18.8 Å². The maximum absolute atomic E-state index is 14.3. The lowest BCUT2D eigenvalue weighted by molar-refractivity contribution is -0.136. The van der Waals surface area contributed by atoms with Crippen LogP contribution in [0.5, 0.6) is 0 Å². The molecule has 3 aromatic carbocycles. The molecule has 3 atom stereocenters. The SMILES string of the molecule is CN(C(=O)c1cc2c(F)cccc2[nH]1)C(Cc1ccccc1)C(=O)N1C[C@]2(C[C@H]1C#N)C(=O)Nc1ccccc12. The molecule has 2 aliphatic heterocycles. The van der Waals surface area contributed by atoms with Gasteiger partial charge in [-0.25, -0.2) is 4.39 Å². The van der Waals surface area contributed by atoms with Crippen LogP contribution in [-0.2, 0) is 21.4 Å². The van der Waals surface area contributed by atoms with Crippen LogP contribution in [0.25, 0.3) is 10.9 Å². The largest absolute Gasteiger partial charge is 0.350 e. The van der Waals surface area contributed by atoms with E-state index >= 15 is 0 Å². The Balaban J connectivity index is 1.35. The zero-order valence-electron chi connectivity index (χ0n) is 21.7. The Morgan fingerprint density at radius 2 is 1.88 bits per heavy atom. The van der Waals surface area contributed by atoms with Gasteiger partial charge < -0.3 is 20.1 Å². The third-order valence-electron chi connectivity index (χ3n) is 8.10. The number of carbonyl (C=O) groups excluding carboxylic acids is 3. The van der Waals surface area contributed by atoms with E-state index in [1.54, 1.807) is 12.1 Å². The molecule has 1 spiro atoms. The number of hydrogen-bond acceptors (Lipinski definition) is 4. The molecule has 200 valence electrons. The summed E-state index contributed by atoms with van der Waals surface area (Å²) in [7, 11) is 1.53. The zero-order chi connectivity index (χ0) is 28.0. The van der Waals surface area contributed by atoms with Gasteiger partial charge in [-0.1, -0.05) is 54.6 Å². The van der Waals surface area contributed by atoms with Crippen molar-refractivity contribution in [2.75, 3.05) is 18.9 Å². The van der Waals surface area contributed by atoms with Gasteiger partial charge in [0.05, 0.1) is 11.5 Å². The number of anilines is 1. The number of aromatic amines is 1. The topological polar surface area (TPSA) is 109 Å². The van der Waals surface area contributed by atoms with Crippen LogP contribution in [0.15, 0.2) is 78.9 Å². The minimum atomic E-state index is -1.04. The summed E-state index contributed by atoms with van der Waals surface area (Å²) >= 11 is 0. The van der Waals surface area contributed by atoms with Crippen LogP contribution in [0.3, 0.4) is 0 Å². The molecule has 1 saturated heterocycles. The molecule has 8 nitrogen and oxygen atoms in total. The minimum absolute atomic E-state index is 0.0256. The van der Waals surface area contributed by atoms with Gasteiger partial charge in [-0.05, 0) is 35.4 Å². The van der Waals surface area contributed by atoms with Gasteiger partial charge in [0.2, 0.25) is 11.8 Å².